The van der Waals surface area contributed by atoms with Gasteiger partial charge in [0.15, 0.2) is 0 Å². The van der Waals surface area contributed by atoms with Gasteiger partial charge in [-0.25, -0.2) is 14.8 Å². The normalized spacial score (nSPS) is 14.0. The second-order valence-corrected chi connectivity index (χ2v) is 8.27. The molecule has 2 N–H and O–H groups in total. The minimum absolute atomic E-state index is 0.116. The highest BCUT2D eigenvalue weighted by atomic mass is 35.5. The number of aromatic carboxylic acids is 1. The van der Waals surface area contributed by atoms with Gasteiger partial charge in [0.05, 0.1) is 5.02 Å². The molecule has 0 atom stereocenters. The van der Waals surface area contributed by atoms with E-state index in [4.69, 9.17) is 16.0 Å². The largest absolute Gasteiger partial charge is 0.475 e. The summed E-state index contributed by atoms with van der Waals surface area (Å²) in [5.41, 5.74) is 2.95. The smallest absolute Gasteiger partial charge is 0.374 e. The Morgan fingerprint density at radius 2 is 1.97 bits per heavy atom. The van der Waals surface area contributed by atoms with Gasteiger partial charge < -0.3 is 14.8 Å². The van der Waals surface area contributed by atoms with Gasteiger partial charge in [-0.3, -0.25) is 9.69 Å². The van der Waals surface area contributed by atoms with Crippen molar-refractivity contribution in [1.29, 1.82) is 0 Å². The molecule has 166 valence electrons. The molecule has 0 saturated carbocycles. The number of anilines is 1. The number of nitrogens with one attached hydrogen (secondary N) is 1. The van der Waals surface area contributed by atoms with Crippen LogP contribution in [0.5, 0.6) is 0 Å². The first-order valence-corrected chi connectivity index (χ1v) is 10.7. The van der Waals surface area contributed by atoms with Gasteiger partial charge in [-0.15, -0.1) is 0 Å². The van der Waals surface area contributed by atoms with Crippen LogP contribution in [0.3, 0.4) is 0 Å². The van der Waals surface area contributed by atoms with E-state index in [1.54, 1.807) is 25.3 Å². The molecule has 9 heteroatoms. The maximum Gasteiger partial charge on any atom is 0.374 e. The van der Waals surface area contributed by atoms with Crippen molar-refractivity contribution in [1.82, 2.24) is 14.9 Å². The Hall–Kier alpha value is -3.23. The molecule has 0 spiro atoms. The number of carboxylic acid groups (broad SMARTS) is 1. The Morgan fingerprint density at radius 1 is 1.22 bits per heavy atom. The van der Waals surface area contributed by atoms with Crippen molar-refractivity contribution in [3.8, 4) is 22.7 Å². The van der Waals surface area contributed by atoms with Crippen LogP contribution in [-0.2, 0) is 11.3 Å². The van der Waals surface area contributed by atoms with Crippen LogP contribution in [0.25, 0.3) is 22.7 Å². The van der Waals surface area contributed by atoms with Gasteiger partial charge in [0.25, 0.3) is 0 Å². The minimum Gasteiger partial charge on any atom is -0.475 e. The quantitative estimate of drug-likeness (QED) is 0.559. The third-order valence-electron chi connectivity index (χ3n) is 5.35. The van der Waals surface area contributed by atoms with Gasteiger partial charge in [0.1, 0.15) is 11.5 Å². The van der Waals surface area contributed by atoms with Crippen LogP contribution in [0.4, 0.5) is 5.82 Å². The third-order valence-corrected chi connectivity index (χ3v) is 5.68. The molecule has 0 aliphatic carbocycles. The van der Waals surface area contributed by atoms with E-state index in [0.29, 0.717) is 22.0 Å². The molecule has 4 rings (SSSR count). The number of nitrogens with zero attached hydrogens (tertiary/aromatic N) is 3. The van der Waals surface area contributed by atoms with E-state index in [-0.39, 0.29) is 23.3 Å². The average Bonchev–Trinajstić information content (AvgIpc) is 3.40. The molecule has 3 heterocycles. The average molecular weight is 455 g/mol. The number of oxazole rings is 1. The fraction of sp³-hybridized carbons (Fsp3) is 0.304. The summed E-state index contributed by atoms with van der Waals surface area (Å²) in [6.07, 6.45) is 3.93. The van der Waals surface area contributed by atoms with Crippen molar-refractivity contribution in [3.05, 3.63) is 52.4 Å². The summed E-state index contributed by atoms with van der Waals surface area (Å²) < 4.78 is 5.67. The molecule has 1 amide bonds. The van der Waals surface area contributed by atoms with Gasteiger partial charge in [0.2, 0.25) is 17.6 Å². The molecule has 32 heavy (non-hydrogen) atoms. The molecule has 0 radical (unpaired) electrons. The lowest BCUT2D eigenvalue weighted by Gasteiger charge is -2.15. The Kier molecular flexibility index (Phi) is 6.25. The zero-order valence-electron chi connectivity index (χ0n) is 17.8. The summed E-state index contributed by atoms with van der Waals surface area (Å²) in [7, 11) is 0. The SMILES string of the molecule is CC(=O)Nc1cc(-c2nc(-c3cc(CN4CCCC4)ccc3Cl)c(C(=O)O)o2)c(C)cn1. The number of halogens is 1. The van der Waals surface area contributed by atoms with Crippen LogP contribution >= 0.6 is 11.6 Å². The number of carbonyl (C=O) groups is 2. The maximum atomic E-state index is 12.0. The number of hydrogen-bond donors (Lipinski definition) is 2. The minimum atomic E-state index is -1.24. The standard InChI is InChI=1S/C23H23ClN4O4/c1-13-11-25-19(26-14(2)29)10-16(13)22-27-20(21(32-22)23(30)31)17-9-15(5-6-18(17)24)12-28-7-3-4-8-28/h5-6,9-11H,3-4,7-8,12H2,1-2H3,(H,30,31)(H,25,26,29). The second kappa shape index (κ2) is 9.10. The lowest BCUT2D eigenvalue weighted by molar-refractivity contribution is -0.114. The van der Waals surface area contributed by atoms with E-state index in [1.807, 2.05) is 12.1 Å². The van der Waals surface area contributed by atoms with Gasteiger partial charge in [-0.05, 0) is 62.2 Å². The van der Waals surface area contributed by atoms with E-state index in [2.05, 4.69) is 20.2 Å². The number of carbonyl (C=O) groups excluding carboxylic acids is 1. The first-order chi connectivity index (χ1) is 15.3. The number of likely N-dealkylation sites (tertiary alicyclic amines) is 1. The van der Waals surface area contributed by atoms with Crippen molar-refractivity contribution >= 4 is 29.3 Å². The summed E-state index contributed by atoms with van der Waals surface area (Å²) in [5, 5.41) is 12.8. The highest BCUT2D eigenvalue weighted by Gasteiger charge is 2.25. The Morgan fingerprint density at radius 3 is 2.66 bits per heavy atom. The predicted octanol–water partition coefficient (Wildman–Crippen LogP) is 4.62. The number of benzene rings is 1. The maximum absolute atomic E-state index is 12.0. The molecular weight excluding hydrogens is 432 g/mol. The van der Waals surface area contributed by atoms with Gasteiger partial charge in [-0.1, -0.05) is 17.7 Å². The van der Waals surface area contributed by atoms with Gasteiger partial charge in [-0.2, -0.15) is 0 Å². The molecule has 1 aromatic carbocycles. The third kappa shape index (κ3) is 4.66. The fourth-order valence-electron chi connectivity index (χ4n) is 3.82. The molecule has 0 unspecified atom stereocenters. The lowest BCUT2D eigenvalue weighted by atomic mass is 10.1. The molecule has 2 aromatic heterocycles. The first kappa shape index (κ1) is 22.0. The molecule has 3 aromatic rings. The highest BCUT2D eigenvalue weighted by molar-refractivity contribution is 6.33. The van der Waals surface area contributed by atoms with Crippen molar-refractivity contribution < 1.29 is 19.1 Å². The Bertz CT molecular complexity index is 1180. The molecular formula is C23H23ClN4O4. The van der Waals surface area contributed by atoms with Crippen molar-refractivity contribution in [3.63, 3.8) is 0 Å². The van der Waals surface area contributed by atoms with Crippen LogP contribution < -0.4 is 5.32 Å². The zero-order chi connectivity index (χ0) is 22.8. The van der Waals surface area contributed by atoms with Crippen LogP contribution in [0.2, 0.25) is 5.02 Å². The van der Waals surface area contributed by atoms with Gasteiger partial charge >= 0.3 is 5.97 Å². The number of carboxylic acids is 1. The summed E-state index contributed by atoms with van der Waals surface area (Å²) in [5.74, 6) is -1.37. The molecule has 8 nitrogen and oxygen atoms in total. The van der Waals surface area contributed by atoms with Crippen molar-refractivity contribution in [2.45, 2.75) is 33.2 Å². The summed E-state index contributed by atoms with van der Waals surface area (Å²) >= 11 is 6.45. The van der Waals surface area contributed by atoms with E-state index in [1.165, 1.54) is 19.8 Å². The molecule has 1 fully saturated rings. The number of aromatic nitrogens is 2. The topological polar surface area (TPSA) is 109 Å². The van der Waals surface area contributed by atoms with Crippen molar-refractivity contribution in [2.75, 3.05) is 18.4 Å². The summed E-state index contributed by atoms with van der Waals surface area (Å²) in [4.78, 5) is 34.4. The number of amides is 1. The van der Waals surface area contributed by atoms with Crippen molar-refractivity contribution in [2.24, 2.45) is 0 Å². The number of hydrogen-bond acceptors (Lipinski definition) is 6. The van der Waals surface area contributed by atoms with E-state index < -0.39 is 5.97 Å². The van der Waals surface area contributed by atoms with Crippen LogP contribution in [0.15, 0.2) is 34.9 Å². The first-order valence-electron chi connectivity index (χ1n) is 10.3. The molecule has 1 aliphatic heterocycles. The van der Waals surface area contributed by atoms with Crippen LogP contribution in [-0.4, -0.2) is 44.9 Å². The van der Waals surface area contributed by atoms with E-state index in [0.717, 1.165) is 30.8 Å². The number of aryl methyl sites for hydroxylation is 1. The highest BCUT2D eigenvalue weighted by Crippen LogP contribution is 2.35. The van der Waals surface area contributed by atoms with Gasteiger partial charge in [0, 0.05) is 30.8 Å². The second-order valence-electron chi connectivity index (χ2n) is 7.87. The number of rotatable bonds is 6. The molecule has 0 bridgehead atoms. The van der Waals surface area contributed by atoms with Crippen LogP contribution in [0, 0.1) is 6.92 Å². The molecule has 1 aliphatic rings. The Balaban J connectivity index is 1.76. The van der Waals surface area contributed by atoms with E-state index in [9.17, 15) is 14.7 Å². The van der Waals surface area contributed by atoms with E-state index >= 15 is 0 Å². The Labute approximate surface area is 190 Å². The molecule has 1 saturated heterocycles. The fourth-order valence-corrected chi connectivity index (χ4v) is 4.02. The number of pyridine rings is 1. The zero-order valence-corrected chi connectivity index (χ0v) is 18.6. The summed E-state index contributed by atoms with van der Waals surface area (Å²) in [6.45, 7) is 6.04. The lowest BCUT2D eigenvalue weighted by Crippen LogP contribution is -2.18. The monoisotopic (exact) mass is 454 g/mol. The predicted molar refractivity (Wildman–Crippen MR) is 121 cm³/mol. The van der Waals surface area contributed by atoms with Crippen LogP contribution in [0.1, 0.15) is 41.4 Å². The summed E-state index contributed by atoms with van der Waals surface area (Å²) in [6, 6.07) is 7.17.